The topological polar surface area (TPSA) is 87.5 Å². The molecule has 0 aliphatic heterocycles. The molecule has 6 rings (SSSR count). The first-order chi connectivity index (χ1) is 20.5. The Labute approximate surface area is 249 Å². The minimum atomic E-state index is -1.07. The second kappa shape index (κ2) is 11.8. The largest absolute Gasteiger partial charge is 0.324 e. The van der Waals surface area contributed by atoms with Gasteiger partial charge in [-0.2, -0.15) is 25.2 Å². The summed E-state index contributed by atoms with van der Waals surface area (Å²) in [4.78, 5) is 13.4. The summed E-state index contributed by atoms with van der Waals surface area (Å²) in [5.74, 6) is 0.306. The van der Waals surface area contributed by atoms with Crippen molar-refractivity contribution < 1.29 is 0 Å². The number of benzene rings is 4. The number of allylic oxidation sites excluding steroid dienone is 2. The van der Waals surface area contributed by atoms with E-state index in [1.165, 1.54) is 0 Å². The third-order valence-electron chi connectivity index (χ3n) is 7.16. The average molecular weight is 570 g/mol. The van der Waals surface area contributed by atoms with E-state index >= 15 is 0 Å². The Balaban J connectivity index is 1.44. The molecular formula is C34H28ClN7. The Morgan fingerprint density at radius 1 is 0.857 bits per heavy atom. The molecule has 2 N–H and O–H groups in total. The van der Waals surface area contributed by atoms with Gasteiger partial charge in [0.25, 0.3) is 0 Å². The summed E-state index contributed by atoms with van der Waals surface area (Å²) in [5.41, 5.74) is 3.62. The second-order valence-corrected chi connectivity index (χ2v) is 10.3. The molecular weight excluding hydrogens is 542 g/mol. The lowest BCUT2D eigenvalue weighted by atomic mass is 9.81. The minimum absolute atomic E-state index is 0.0424. The van der Waals surface area contributed by atoms with E-state index in [1.807, 2.05) is 85.8 Å². The number of rotatable bonds is 8. The van der Waals surface area contributed by atoms with Crippen molar-refractivity contribution in [3.63, 3.8) is 0 Å². The van der Waals surface area contributed by atoms with Crippen LogP contribution in [-0.4, -0.2) is 20.6 Å². The Morgan fingerprint density at radius 3 is 2.45 bits per heavy atom. The van der Waals surface area contributed by atoms with Crippen molar-refractivity contribution in [2.45, 2.75) is 18.5 Å². The normalized spacial score (nSPS) is 17.9. The molecule has 7 nitrogen and oxygen atoms in total. The van der Waals surface area contributed by atoms with Gasteiger partial charge < -0.3 is 10.6 Å². The molecule has 0 amide bonds. The molecule has 1 aromatic heterocycles. The molecule has 4 aromatic carbocycles. The van der Waals surface area contributed by atoms with Crippen LogP contribution in [0.4, 0.5) is 23.3 Å². The number of anilines is 3. The van der Waals surface area contributed by atoms with E-state index < -0.39 is 5.66 Å². The molecule has 42 heavy (non-hydrogen) atoms. The molecule has 2 unspecified atom stereocenters. The molecule has 5 aromatic rings. The van der Waals surface area contributed by atoms with Gasteiger partial charge in [0, 0.05) is 5.69 Å². The summed E-state index contributed by atoms with van der Waals surface area (Å²) in [7, 11) is 0. The van der Waals surface area contributed by atoms with E-state index in [1.54, 1.807) is 6.08 Å². The molecule has 1 aliphatic rings. The molecule has 0 radical (unpaired) electrons. The van der Waals surface area contributed by atoms with Crippen molar-refractivity contribution >= 4 is 51.7 Å². The molecule has 0 fully saturated rings. The van der Waals surface area contributed by atoms with Gasteiger partial charge in [-0.25, -0.2) is 0 Å². The molecule has 0 saturated carbocycles. The highest BCUT2D eigenvalue weighted by atomic mass is 35.5. The summed E-state index contributed by atoms with van der Waals surface area (Å²) < 4.78 is 0. The molecule has 0 saturated heterocycles. The molecule has 0 bridgehead atoms. The van der Waals surface area contributed by atoms with E-state index in [9.17, 15) is 0 Å². The maximum absolute atomic E-state index is 6.41. The lowest BCUT2D eigenvalue weighted by Gasteiger charge is -2.35. The predicted molar refractivity (Wildman–Crippen MR) is 172 cm³/mol. The van der Waals surface area contributed by atoms with E-state index in [-0.39, 0.29) is 17.1 Å². The van der Waals surface area contributed by atoms with Crippen LogP contribution in [-0.2, 0) is 0 Å². The van der Waals surface area contributed by atoms with Crippen LogP contribution in [0.25, 0.3) is 16.8 Å². The lowest BCUT2D eigenvalue weighted by Crippen LogP contribution is -2.41. The fraction of sp³-hybridized carbons (Fsp3) is 0.0882. The monoisotopic (exact) mass is 569 g/mol. The van der Waals surface area contributed by atoms with Crippen LogP contribution in [0.15, 0.2) is 132 Å². The summed E-state index contributed by atoms with van der Waals surface area (Å²) in [6, 6.07) is 30.2. The number of nitrogens with zero attached hydrogens (tertiary/aromatic N) is 5. The summed E-state index contributed by atoms with van der Waals surface area (Å²) in [6.45, 7) is 5.82. The Kier molecular flexibility index (Phi) is 7.58. The second-order valence-electron chi connectivity index (χ2n) is 9.93. The van der Waals surface area contributed by atoms with Gasteiger partial charge in [0.15, 0.2) is 5.66 Å². The maximum Gasteiger partial charge on any atom is 0.233 e. The third-order valence-corrected chi connectivity index (χ3v) is 7.33. The lowest BCUT2D eigenvalue weighted by molar-refractivity contribution is 0.511. The average Bonchev–Trinajstić information content (AvgIpc) is 3.01. The van der Waals surface area contributed by atoms with Crippen LogP contribution in [0.3, 0.4) is 0 Å². The quantitative estimate of drug-likeness (QED) is 0.182. The number of halogens is 1. The summed E-state index contributed by atoms with van der Waals surface area (Å²) >= 11 is 6.41. The van der Waals surface area contributed by atoms with Crippen molar-refractivity contribution in [1.82, 2.24) is 15.0 Å². The highest BCUT2D eigenvalue weighted by Gasteiger charge is 2.40. The fourth-order valence-electron chi connectivity index (χ4n) is 5.02. The van der Waals surface area contributed by atoms with Crippen LogP contribution in [0.5, 0.6) is 0 Å². The van der Waals surface area contributed by atoms with E-state index in [0.717, 1.165) is 38.8 Å². The van der Waals surface area contributed by atoms with Crippen LogP contribution in [0.2, 0.25) is 5.28 Å². The van der Waals surface area contributed by atoms with Crippen LogP contribution < -0.4 is 10.6 Å². The number of fused-ring (bicyclic) bond motifs is 1. The van der Waals surface area contributed by atoms with Gasteiger partial charge in [0.2, 0.25) is 17.2 Å². The van der Waals surface area contributed by atoms with Crippen LogP contribution in [0.1, 0.15) is 22.6 Å². The third kappa shape index (κ3) is 5.68. The summed E-state index contributed by atoms with van der Waals surface area (Å²) in [5, 5.41) is 18.7. The highest BCUT2D eigenvalue weighted by molar-refractivity contribution is 6.28. The van der Waals surface area contributed by atoms with Crippen LogP contribution in [0, 0.1) is 6.92 Å². The van der Waals surface area contributed by atoms with E-state index in [2.05, 4.69) is 68.6 Å². The SMILES string of the molecule is C=Cc1ccc(Nc2nc(Cl)nc(NC3(N=Nc4ccccc4C)C=CC=CC3c3cccc4ccccc34)n2)cc1. The van der Waals surface area contributed by atoms with Crippen molar-refractivity contribution in [3.8, 4) is 0 Å². The Morgan fingerprint density at radius 2 is 1.62 bits per heavy atom. The van der Waals surface area contributed by atoms with Crippen LogP contribution >= 0.6 is 11.6 Å². The highest BCUT2D eigenvalue weighted by Crippen LogP contribution is 2.41. The number of hydrogen-bond donors (Lipinski definition) is 2. The molecule has 8 heteroatoms. The van der Waals surface area contributed by atoms with E-state index in [4.69, 9.17) is 21.8 Å². The Bertz CT molecular complexity index is 1840. The fourth-order valence-corrected chi connectivity index (χ4v) is 5.18. The first-order valence-corrected chi connectivity index (χ1v) is 13.9. The van der Waals surface area contributed by atoms with Crippen molar-refractivity contribution in [2.75, 3.05) is 10.6 Å². The van der Waals surface area contributed by atoms with Gasteiger partial charge in [0.1, 0.15) is 0 Å². The zero-order valence-electron chi connectivity index (χ0n) is 22.9. The zero-order valence-corrected chi connectivity index (χ0v) is 23.7. The van der Waals surface area contributed by atoms with Crippen molar-refractivity contribution in [3.05, 3.63) is 144 Å². The van der Waals surface area contributed by atoms with Gasteiger partial charge >= 0.3 is 0 Å². The van der Waals surface area contributed by atoms with Gasteiger partial charge in [-0.05, 0) is 70.3 Å². The minimum Gasteiger partial charge on any atom is -0.324 e. The standard InChI is InChI=1S/C34H28ClN7/c1-3-24-18-20-26(21-19-24)36-32-37-31(35)38-33(39-32)40-34(42-41-30-17-7-4-11-23(30)2)22-9-8-16-29(34)28-15-10-13-25-12-5-6-14-27(25)28/h3-22,29H,1H2,2H3,(H2,36,37,38,39,40). The number of hydrogen-bond acceptors (Lipinski definition) is 7. The molecule has 206 valence electrons. The molecule has 2 atom stereocenters. The number of aryl methyl sites for hydroxylation is 1. The first-order valence-electron chi connectivity index (χ1n) is 13.5. The number of nitrogens with one attached hydrogen (secondary N) is 2. The molecule has 0 spiro atoms. The smallest absolute Gasteiger partial charge is 0.233 e. The molecule has 1 aliphatic carbocycles. The number of azo groups is 1. The van der Waals surface area contributed by atoms with Crippen molar-refractivity contribution in [2.24, 2.45) is 10.2 Å². The maximum atomic E-state index is 6.41. The predicted octanol–water partition coefficient (Wildman–Crippen LogP) is 9.18. The van der Waals surface area contributed by atoms with Gasteiger partial charge in [-0.3, -0.25) is 0 Å². The first kappa shape index (κ1) is 27.1. The summed E-state index contributed by atoms with van der Waals surface area (Å²) in [6.07, 6.45) is 9.87. The van der Waals surface area contributed by atoms with Gasteiger partial charge in [0.05, 0.1) is 11.6 Å². The van der Waals surface area contributed by atoms with Gasteiger partial charge in [-0.15, -0.1) is 0 Å². The van der Waals surface area contributed by atoms with Crippen molar-refractivity contribution in [1.29, 1.82) is 0 Å². The number of aromatic nitrogens is 3. The Hall–Kier alpha value is -5.14. The van der Waals surface area contributed by atoms with E-state index in [0.29, 0.717) is 5.95 Å². The van der Waals surface area contributed by atoms with Gasteiger partial charge in [-0.1, -0.05) is 104 Å². The molecule has 1 heterocycles. The zero-order chi connectivity index (χ0) is 28.9.